The minimum atomic E-state index is -2.50. The minimum absolute atomic E-state index is 0.0334. The summed E-state index contributed by atoms with van der Waals surface area (Å²) < 4.78 is 16.3. The average Bonchev–Trinajstić information content (AvgIpc) is 2.58. The summed E-state index contributed by atoms with van der Waals surface area (Å²) in [5.74, 6) is 0. The SMILES string of the molecule is CO[Si](CCCN(C)[C@@H](C)[C@@H](O)c1ccccc1)(OC)OC. The van der Waals surface area contributed by atoms with E-state index in [9.17, 15) is 5.11 Å². The van der Waals surface area contributed by atoms with Crippen LogP contribution in [0.1, 0.15) is 25.0 Å². The number of benzene rings is 1. The molecular weight excluding hydrogens is 298 g/mol. The topological polar surface area (TPSA) is 51.2 Å². The first-order chi connectivity index (χ1) is 10.5. The Hall–Kier alpha value is -0.763. The van der Waals surface area contributed by atoms with E-state index in [1.54, 1.807) is 21.3 Å². The molecule has 1 aromatic carbocycles. The lowest BCUT2D eigenvalue weighted by atomic mass is 10.0. The number of hydrogen-bond donors (Lipinski definition) is 1. The van der Waals surface area contributed by atoms with Gasteiger partial charge in [0.05, 0.1) is 6.10 Å². The number of aliphatic hydroxyl groups excluding tert-OH is 1. The standard InChI is InChI=1S/C16H29NO4Si/c1-14(16(18)15-10-7-6-8-11-15)17(2)12-9-13-22(19-3,20-4)21-5/h6-8,10-11,14,16,18H,9,12-13H2,1-5H3/t14-,16+/m0/s1. The molecule has 0 bridgehead atoms. The van der Waals surface area contributed by atoms with Gasteiger partial charge in [0.2, 0.25) is 0 Å². The van der Waals surface area contributed by atoms with Crippen LogP contribution >= 0.6 is 0 Å². The van der Waals surface area contributed by atoms with E-state index < -0.39 is 14.9 Å². The second kappa shape index (κ2) is 9.39. The molecule has 0 aliphatic carbocycles. The Balaban J connectivity index is 2.49. The van der Waals surface area contributed by atoms with Crippen LogP contribution in [0.4, 0.5) is 0 Å². The summed E-state index contributed by atoms with van der Waals surface area (Å²) in [5, 5.41) is 10.5. The van der Waals surface area contributed by atoms with Crippen LogP contribution in [0.3, 0.4) is 0 Å². The summed E-state index contributed by atoms with van der Waals surface area (Å²) in [6, 6.07) is 10.5. The highest BCUT2D eigenvalue weighted by Crippen LogP contribution is 2.21. The quantitative estimate of drug-likeness (QED) is 0.668. The van der Waals surface area contributed by atoms with E-state index >= 15 is 0 Å². The maximum Gasteiger partial charge on any atom is 0.500 e. The molecule has 0 aromatic heterocycles. The molecule has 0 aliphatic rings. The van der Waals surface area contributed by atoms with E-state index in [1.807, 2.05) is 44.3 Å². The van der Waals surface area contributed by atoms with E-state index in [-0.39, 0.29) is 6.04 Å². The van der Waals surface area contributed by atoms with Crippen molar-refractivity contribution in [2.75, 3.05) is 34.9 Å². The maximum atomic E-state index is 10.5. The lowest BCUT2D eigenvalue weighted by Gasteiger charge is -2.30. The van der Waals surface area contributed by atoms with Crippen molar-refractivity contribution >= 4 is 8.80 Å². The molecular formula is C16H29NO4Si. The highest BCUT2D eigenvalue weighted by Gasteiger charge is 2.37. The van der Waals surface area contributed by atoms with Crippen LogP contribution in [0.2, 0.25) is 6.04 Å². The van der Waals surface area contributed by atoms with Crippen molar-refractivity contribution in [3.8, 4) is 0 Å². The Morgan fingerprint density at radius 2 is 1.64 bits per heavy atom. The van der Waals surface area contributed by atoms with E-state index in [2.05, 4.69) is 4.90 Å². The number of rotatable bonds is 10. The average molecular weight is 327 g/mol. The van der Waals surface area contributed by atoms with Crippen molar-refractivity contribution in [3.05, 3.63) is 35.9 Å². The van der Waals surface area contributed by atoms with E-state index in [0.29, 0.717) is 0 Å². The van der Waals surface area contributed by atoms with Gasteiger partial charge in [-0.05, 0) is 32.5 Å². The molecule has 0 heterocycles. The monoisotopic (exact) mass is 327 g/mol. The predicted molar refractivity (Wildman–Crippen MR) is 89.7 cm³/mol. The summed E-state index contributed by atoms with van der Waals surface area (Å²) in [5.41, 5.74) is 0.941. The van der Waals surface area contributed by atoms with Crippen molar-refractivity contribution in [1.29, 1.82) is 0 Å². The van der Waals surface area contributed by atoms with Gasteiger partial charge in [-0.2, -0.15) is 0 Å². The fourth-order valence-electron chi connectivity index (χ4n) is 2.47. The Kier molecular flexibility index (Phi) is 8.23. The largest absolute Gasteiger partial charge is 0.500 e. The van der Waals surface area contributed by atoms with E-state index in [1.165, 1.54) is 0 Å². The van der Waals surface area contributed by atoms with Crippen molar-refractivity contribution in [2.24, 2.45) is 0 Å². The Labute approximate surface area is 135 Å². The highest BCUT2D eigenvalue weighted by molar-refractivity contribution is 6.60. The molecule has 6 heteroatoms. The molecule has 0 spiro atoms. The Morgan fingerprint density at radius 1 is 1.09 bits per heavy atom. The van der Waals surface area contributed by atoms with Gasteiger partial charge in [-0.25, -0.2) is 0 Å². The Morgan fingerprint density at radius 3 is 2.14 bits per heavy atom. The molecule has 0 amide bonds. The molecule has 0 unspecified atom stereocenters. The first-order valence-electron chi connectivity index (χ1n) is 7.58. The predicted octanol–water partition coefficient (Wildman–Crippen LogP) is 2.31. The lowest BCUT2D eigenvalue weighted by Crippen LogP contribution is -2.43. The van der Waals surface area contributed by atoms with Crippen LogP contribution in [0.25, 0.3) is 0 Å². The number of nitrogens with zero attached hydrogens (tertiary/aromatic N) is 1. The zero-order chi connectivity index (χ0) is 16.6. The minimum Gasteiger partial charge on any atom is -0.387 e. The summed E-state index contributed by atoms with van der Waals surface area (Å²) in [6.45, 7) is 2.88. The van der Waals surface area contributed by atoms with Gasteiger partial charge >= 0.3 is 8.80 Å². The molecule has 0 saturated carbocycles. The van der Waals surface area contributed by atoms with Gasteiger partial charge in [-0.15, -0.1) is 0 Å². The number of likely N-dealkylation sites (N-methyl/N-ethyl adjacent to an activating group) is 1. The molecule has 5 nitrogen and oxygen atoms in total. The summed E-state index contributed by atoms with van der Waals surface area (Å²) in [6.07, 6.45) is 0.393. The van der Waals surface area contributed by atoms with Crippen LogP contribution in [-0.4, -0.2) is 59.8 Å². The summed E-state index contributed by atoms with van der Waals surface area (Å²) >= 11 is 0. The van der Waals surface area contributed by atoms with Gasteiger partial charge in [0.25, 0.3) is 0 Å². The van der Waals surface area contributed by atoms with Crippen molar-refractivity contribution < 1.29 is 18.4 Å². The molecule has 22 heavy (non-hydrogen) atoms. The molecule has 2 atom stereocenters. The first-order valence-corrected chi connectivity index (χ1v) is 9.51. The number of aliphatic hydroxyl groups is 1. The third kappa shape index (κ3) is 5.15. The second-order valence-corrected chi connectivity index (χ2v) is 8.57. The molecule has 1 N–H and O–H groups in total. The van der Waals surface area contributed by atoms with E-state index in [4.69, 9.17) is 13.3 Å². The molecule has 0 saturated heterocycles. The number of hydrogen-bond acceptors (Lipinski definition) is 5. The summed E-state index contributed by atoms with van der Waals surface area (Å²) in [7, 11) is 4.41. The molecule has 1 aromatic rings. The fraction of sp³-hybridized carbons (Fsp3) is 0.625. The summed E-state index contributed by atoms with van der Waals surface area (Å²) in [4.78, 5) is 2.15. The molecule has 0 aliphatic heterocycles. The zero-order valence-corrected chi connectivity index (χ0v) is 15.3. The lowest BCUT2D eigenvalue weighted by molar-refractivity contribution is 0.0708. The van der Waals surface area contributed by atoms with Crippen LogP contribution < -0.4 is 0 Å². The zero-order valence-electron chi connectivity index (χ0n) is 14.3. The van der Waals surface area contributed by atoms with Crippen LogP contribution in [0.5, 0.6) is 0 Å². The first kappa shape index (κ1) is 19.3. The van der Waals surface area contributed by atoms with E-state index in [0.717, 1.165) is 24.6 Å². The normalized spacial score (nSPS) is 15.0. The molecule has 126 valence electrons. The van der Waals surface area contributed by atoms with Crippen molar-refractivity contribution in [1.82, 2.24) is 4.90 Å². The van der Waals surface area contributed by atoms with Gasteiger partial charge in [-0.3, -0.25) is 0 Å². The fourth-order valence-corrected chi connectivity index (χ4v) is 4.18. The van der Waals surface area contributed by atoms with Crippen LogP contribution in [0.15, 0.2) is 30.3 Å². The van der Waals surface area contributed by atoms with Crippen molar-refractivity contribution in [2.45, 2.75) is 31.5 Å². The van der Waals surface area contributed by atoms with Crippen LogP contribution in [0, 0.1) is 0 Å². The Bertz CT molecular complexity index is 406. The van der Waals surface area contributed by atoms with Crippen molar-refractivity contribution in [3.63, 3.8) is 0 Å². The van der Waals surface area contributed by atoms with Gasteiger partial charge in [0, 0.05) is 33.4 Å². The molecule has 0 radical (unpaired) electrons. The smallest absolute Gasteiger partial charge is 0.387 e. The van der Waals surface area contributed by atoms with Gasteiger partial charge < -0.3 is 23.3 Å². The second-order valence-electron chi connectivity index (χ2n) is 5.48. The van der Waals surface area contributed by atoms with Gasteiger partial charge in [-0.1, -0.05) is 30.3 Å². The van der Waals surface area contributed by atoms with Gasteiger partial charge in [0.15, 0.2) is 0 Å². The molecule has 1 rings (SSSR count). The maximum absolute atomic E-state index is 10.5. The third-order valence-corrected chi connectivity index (χ3v) is 7.05. The molecule has 0 fully saturated rings. The van der Waals surface area contributed by atoms with Gasteiger partial charge in [0.1, 0.15) is 0 Å². The van der Waals surface area contributed by atoms with Crippen LogP contribution in [-0.2, 0) is 13.3 Å². The highest BCUT2D eigenvalue weighted by atomic mass is 28.4. The third-order valence-electron chi connectivity index (χ3n) is 4.22.